The van der Waals surface area contributed by atoms with E-state index >= 15 is 0 Å². The lowest BCUT2D eigenvalue weighted by Crippen LogP contribution is -2.00. The molecule has 1 rings (SSSR count). The van der Waals surface area contributed by atoms with Crippen LogP contribution >= 0.6 is 11.6 Å². The Morgan fingerprint density at radius 1 is 1.46 bits per heavy atom. The van der Waals surface area contributed by atoms with E-state index in [0.29, 0.717) is 5.56 Å². The lowest BCUT2D eigenvalue weighted by Gasteiger charge is -2.08. The van der Waals surface area contributed by atoms with Crippen molar-refractivity contribution in [2.75, 3.05) is 0 Å². The summed E-state index contributed by atoms with van der Waals surface area (Å²) in [6, 6.07) is 0. The summed E-state index contributed by atoms with van der Waals surface area (Å²) in [7, 11) is 0. The maximum absolute atomic E-state index is 12.4. The third-order valence-corrected chi connectivity index (χ3v) is 1.99. The van der Waals surface area contributed by atoms with Crippen molar-refractivity contribution in [2.24, 2.45) is 0 Å². The van der Waals surface area contributed by atoms with Crippen molar-refractivity contribution in [3.8, 4) is 0 Å². The number of nitrogens with zero attached hydrogens (tertiary/aromatic N) is 1. The number of hydrogen-bond acceptors (Lipinski definition) is 2. The molecule has 1 N–H and O–H groups in total. The fraction of sp³-hybridized carbons (Fsp3) is 0.375. The number of halogens is 3. The van der Waals surface area contributed by atoms with Gasteiger partial charge in [-0.1, -0.05) is 0 Å². The molecule has 72 valence electrons. The highest BCUT2D eigenvalue weighted by Crippen LogP contribution is 2.25. The Hall–Kier alpha value is -0.740. The van der Waals surface area contributed by atoms with Crippen LogP contribution in [0.2, 0.25) is 0 Å². The second kappa shape index (κ2) is 4.48. The second-order valence-corrected chi connectivity index (χ2v) is 2.73. The average Bonchev–Trinajstić information content (AvgIpc) is 2.16. The maximum Gasteiger partial charge on any atom is 0.265 e. The molecule has 0 bridgehead atoms. The Kier molecular flexibility index (Phi) is 3.57. The molecule has 0 aliphatic rings. The SMILES string of the molecule is OCc1cncc(C(F)F)c1CCl. The third-order valence-electron chi connectivity index (χ3n) is 1.72. The molecular weight excluding hydrogens is 200 g/mol. The number of aromatic nitrogens is 1. The van der Waals surface area contributed by atoms with Gasteiger partial charge in [-0.25, -0.2) is 8.78 Å². The average molecular weight is 208 g/mol. The topological polar surface area (TPSA) is 33.1 Å². The van der Waals surface area contributed by atoms with Crippen LogP contribution in [0.15, 0.2) is 12.4 Å². The monoisotopic (exact) mass is 207 g/mol. The van der Waals surface area contributed by atoms with Crippen LogP contribution in [0.5, 0.6) is 0 Å². The third kappa shape index (κ3) is 2.14. The Labute approximate surface area is 79.2 Å². The van der Waals surface area contributed by atoms with Gasteiger partial charge >= 0.3 is 0 Å². The summed E-state index contributed by atoms with van der Waals surface area (Å²) < 4.78 is 24.7. The van der Waals surface area contributed by atoms with Crippen LogP contribution in [-0.2, 0) is 12.5 Å². The van der Waals surface area contributed by atoms with E-state index in [2.05, 4.69) is 4.98 Å². The zero-order valence-electron chi connectivity index (χ0n) is 6.67. The van der Waals surface area contributed by atoms with Crippen molar-refractivity contribution in [1.29, 1.82) is 0 Å². The first kappa shape index (κ1) is 10.3. The largest absolute Gasteiger partial charge is 0.392 e. The van der Waals surface area contributed by atoms with Crippen molar-refractivity contribution in [1.82, 2.24) is 4.98 Å². The predicted octanol–water partition coefficient (Wildman–Crippen LogP) is 2.25. The van der Waals surface area contributed by atoms with Gasteiger partial charge in [-0.05, 0) is 5.56 Å². The molecule has 0 aliphatic heterocycles. The number of rotatable bonds is 3. The van der Waals surface area contributed by atoms with Crippen LogP contribution in [-0.4, -0.2) is 10.1 Å². The van der Waals surface area contributed by atoms with Crippen LogP contribution in [0.1, 0.15) is 23.1 Å². The molecule has 0 aliphatic carbocycles. The highest BCUT2D eigenvalue weighted by molar-refractivity contribution is 6.17. The Balaban J connectivity index is 3.19. The van der Waals surface area contributed by atoms with Gasteiger partial charge in [0.25, 0.3) is 6.43 Å². The molecule has 5 heteroatoms. The first-order valence-corrected chi connectivity index (χ1v) is 4.14. The molecule has 0 amide bonds. The van der Waals surface area contributed by atoms with Crippen LogP contribution in [0.25, 0.3) is 0 Å². The fourth-order valence-electron chi connectivity index (χ4n) is 1.04. The van der Waals surface area contributed by atoms with E-state index in [4.69, 9.17) is 16.7 Å². The molecule has 0 atom stereocenters. The van der Waals surface area contributed by atoms with E-state index in [0.717, 1.165) is 6.20 Å². The molecule has 1 heterocycles. The summed E-state index contributed by atoms with van der Waals surface area (Å²) in [5.41, 5.74) is 0.420. The van der Waals surface area contributed by atoms with E-state index in [1.807, 2.05) is 0 Å². The number of pyridine rings is 1. The molecule has 0 spiro atoms. The van der Waals surface area contributed by atoms with Crippen molar-refractivity contribution < 1.29 is 13.9 Å². The maximum atomic E-state index is 12.4. The van der Waals surface area contributed by atoms with Crippen molar-refractivity contribution in [3.05, 3.63) is 29.1 Å². The van der Waals surface area contributed by atoms with Gasteiger partial charge in [0.05, 0.1) is 6.61 Å². The van der Waals surface area contributed by atoms with Gasteiger partial charge < -0.3 is 5.11 Å². The zero-order valence-corrected chi connectivity index (χ0v) is 7.43. The predicted molar refractivity (Wildman–Crippen MR) is 44.7 cm³/mol. The molecule has 0 radical (unpaired) electrons. The highest BCUT2D eigenvalue weighted by atomic mass is 35.5. The number of hydrogen-bond donors (Lipinski definition) is 1. The molecule has 0 aromatic carbocycles. The standard InChI is InChI=1S/C8H8ClF2NO/c9-1-6-5(4-13)2-12-3-7(6)8(10)11/h2-3,8,13H,1,4H2. The zero-order chi connectivity index (χ0) is 9.84. The van der Waals surface area contributed by atoms with Crippen molar-refractivity contribution >= 4 is 11.6 Å². The Bertz CT molecular complexity index is 293. The molecule has 0 fully saturated rings. The smallest absolute Gasteiger partial charge is 0.265 e. The van der Waals surface area contributed by atoms with Crippen molar-refractivity contribution in [3.63, 3.8) is 0 Å². The van der Waals surface area contributed by atoms with E-state index < -0.39 is 6.43 Å². The van der Waals surface area contributed by atoms with Crippen LogP contribution < -0.4 is 0 Å². The summed E-state index contributed by atoms with van der Waals surface area (Å²) >= 11 is 5.49. The van der Waals surface area contributed by atoms with Crippen LogP contribution in [0.3, 0.4) is 0 Å². The molecule has 1 aromatic rings. The fourth-order valence-corrected chi connectivity index (χ4v) is 1.36. The Morgan fingerprint density at radius 2 is 2.15 bits per heavy atom. The lowest BCUT2D eigenvalue weighted by molar-refractivity contribution is 0.149. The van der Waals surface area contributed by atoms with Gasteiger partial charge in [0.15, 0.2) is 0 Å². The van der Waals surface area contributed by atoms with Gasteiger partial charge in [-0.15, -0.1) is 11.6 Å². The van der Waals surface area contributed by atoms with Gasteiger partial charge in [0.1, 0.15) is 0 Å². The molecule has 0 saturated heterocycles. The van der Waals surface area contributed by atoms with E-state index in [-0.39, 0.29) is 23.6 Å². The summed E-state index contributed by atoms with van der Waals surface area (Å²) in [5, 5.41) is 8.81. The van der Waals surface area contributed by atoms with E-state index in [1.165, 1.54) is 6.20 Å². The summed E-state index contributed by atoms with van der Waals surface area (Å²) in [5.74, 6) is -0.0436. The molecule has 0 saturated carbocycles. The normalized spacial score (nSPS) is 10.8. The highest BCUT2D eigenvalue weighted by Gasteiger charge is 2.15. The summed E-state index contributed by atoms with van der Waals surface area (Å²) in [6.45, 7) is -0.324. The lowest BCUT2D eigenvalue weighted by atomic mass is 10.1. The summed E-state index contributed by atoms with van der Waals surface area (Å²) in [6.07, 6.45) is -0.196. The molecule has 13 heavy (non-hydrogen) atoms. The number of alkyl halides is 3. The van der Waals surface area contributed by atoms with Gasteiger partial charge in [0, 0.05) is 29.4 Å². The van der Waals surface area contributed by atoms with Gasteiger partial charge in [0.2, 0.25) is 0 Å². The number of aliphatic hydroxyl groups is 1. The van der Waals surface area contributed by atoms with Crippen LogP contribution in [0, 0.1) is 0 Å². The first-order valence-electron chi connectivity index (χ1n) is 3.61. The van der Waals surface area contributed by atoms with E-state index in [1.54, 1.807) is 0 Å². The molecule has 1 aromatic heterocycles. The summed E-state index contributed by atoms with van der Waals surface area (Å²) in [4.78, 5) is 3.59. The minimum Gasteiger partial charge on any atom is -0.392 e. The Morgan fingerprint density at radius 3 is 2.62 bits per heavy atom. The minimum absolute atomic E-state index is 0.0436. The quantitative estimate of drug-likeness (QED) is 0.772. The van der Waals surface area contributed by atoms with Crippen molar-refractivity contribution in [2.45, 2.75) is 18.9 Å². The number of aliphatic hydroxyl groups excluding tert-OH is 1. The van der Waals surface area contributed by atoms with Gasteiger partial charge in [-0.2, -0.15) is 0 Å². The first-order chi connectivity index (χ1) is 6.20. The van der Waals surface area contributed by atoms with E-state index in [9.17, 15) is 8.78 Å². The molecule has 0 unspecified atom stereocenters. The minimum atomic E-state index is -2.60. The molecule has 2 nitrogen and oxygen atoms in total. The van der Waals surface area contributed by atoms with Crippen LogP contribution in [0.4, 0.5) is 8.78 Å². The second-order valence-electron chi connectivity index (χ2n) is 2.46. The molecular formula is C8H8ClF2NO. The van der Waals surface area contributed by atoms with Gasteiger partial charge in [-0.3, -0.25) is 4.98 Å².